The molecule has 7 rings (SSSR count). The molecule has 3 aliphatic carbocycles. The van der Waals surface area contributed by atoms with Gasteiger partial charge in [-0.25, -0.2) is 9.69 Å². The lowest BCUT2D eigenvalue weighted by Crippen LogP contribution is -2.56. The van der Waals surface area contributed by atoms with Crippen molar-refractivity contribution in [2.45, 2.75) is 8.65 Å². The highest BCUT2D eigenvalue weighted by atomic mass is 79.9. The van der Waals surface area contributed by atoms with Crippen molar-refractivity contribution in [1.82, 2.24) is 0 Å². The van der Waals surface area contributed by atoms with Gasteiger partial charge in [-0.3, -0.25) is 9.59 Å². The maximum Gasteiger partial charge on any atom is 0.335 e. The topological polar surface area (TPSA) is 74.7 Å². The molecule has 2 bridgehead atoms. The second-order valence-electron chi connectivity index (χ2n) is 8.34. The lowest BCUT2D eigenvalue weighted by atomic mass is 9.54. The second-order valence-corrected chi connectivity index (χ2v) is 10.8. The van der Waals surface area contributed by atoms with Crippen molar-refractivity contribution in [3.8, 4) is 0 Å². The molecular weight excluding hydrogens is 538 g/mol. The molecule has 1 heterocycles. The molecule has 5 nitrogen and oxygen atoms in total. The first-order valence-corrected chi connectivity index (χ1v) is 11.7. The van der Waals surface area contributed by atoms with Gasteiger partial charge in [0.1, 0.15) is 0 Å². The average molecular weight is 553 g/mol. The van der Waals surface area contributed by atoms with Gasteiger partial charge in [0, 0.05) is 0 Å². The fraction of sp³-hybridized carbons (Fsp3) is 0.160. The molecule has 0 saturated carbocycles. The zero-order chi connectivity index (χ0) is 22.4. The Morgan fingerprint density at radius 2 is 1.19 bits per heavy atom. The summed E-state index contributed by atoms with van der Waals surface area (Å²) in [4.78, 5) is 40.4. The molecule has 0 aromatic heterocycles. The molecule has 3 aromatic rings. The van der Waals surface area contributed by atoms with Crippen LogP contribution in [0.3, 0.4) is 0 Å². The number of hydrogen-bond acceptors (Lipinski definition) is 3. The van der Waals surface area contributed by atoms with Crippen LogP contribution in [0.1, 0.15) is 32.6 Å². The number of hydrogen-bond donors (Lipinski definition) is 1. The molecule has 1 N–H and O–H groups in total. The van der Waals surface area contributed by atoms with Gasteiger partial charge in [-0.05, 0) is 40.5 Å². The maximum atomic E-state index is 13.9. The normalized spacial score (nSPS) is 29.5. The minimum absolute atomic E-state index is 0.0228. The van der Waals surface area contributed by atoms with Crippen molar-refractivity contribution in [3.05, 3.63) is 101 Å². The molecule has 32 heavy (non-hydrogen) atoms. The van der Waals surface area contributed by atoms with E-state index in [-0.39, 0.29) is 23.1 Å². The zero-order valence-corrected chi connectivity index (χ0v) is 19.6. The molecule has 7 heteroatoms. The van der Waals surface area contributed by atoms with Crippen LogP contribution in [-0.4, -0.2) is 22.9 Å². The molecule has 1 fully saturated rings. The number of anilines is 1. The van der Waals surface area contributed by atoms with E-state index in [0.717, 1.165) is 27.2 Å². The van der Waals surface area contributed by atoms with Crippen molar-refractivity contribution in [2.24, 2.45) is 11.8 Å². The summed E-state index contributed by atoms with van der Waals surface area (Å²) in [6.07, 6.45) is 0. The molecule has 2 atom stereocenters. The van der Waals surface area contributed by atoms with Crippen LogP contribution in [0.4, 0.5) is 5.69 Å². The van der Waals surface area contributed by atoms with E-state index in [4.69, 9.17) is 0 Å². The Labute approximate surface area is 200 Å². The van der Waals surface area contributed by atoms with Crippen molar-refractivity contribution >= 4 is 55.3 Å². The Balaban J connectivity index is 1.63. The fourth-order valence-corrected chi connectivity index (χ4v) is 8.00. The summed E-state index contributed by atoms with van der Waals surface area (Å²) in [6, 6.07) is 21.7. The van der Waals surface area contributed by atoms with E-state index in [1.165, 1.54) is 12.1 Å². The number of halogens is 2. The smallest absolute Gasteiger partial charge is 0.335 e. The van der Waals surface area contributed by atoms with Gasteiger partial charge in [0.05, 0.1) is 31.7 Å². The van der Waals surface area contributed by atoms with E-state index in [1.807, 2.05) is 48.5 Å². The Kier molecular flexibility index (Phi) is 3.97. The highest BCUT2D eigenvalue weighted by Gasteiger charge is 2.72. The van der Waals surface area contributed by atoms with Crippen LogP contribution in [0.15, 0.2) is 72.8 Å². The monoisotopic (exact) mass is 551 g/mol. The molecule has 1 aliphatic heterocycles. The Morgan fingerprint density at radius 1 is 0.750 bits per heavy atom. The summed E-state index contributed by atoms with van der Waals surface area (Å²) in [5.41, 5.74) is 4.13. The number of imide groups is 1. The standard InChI is InChI=1S/C25H15Br2NO4/c26-24-15-8-1-2-9-16(15)25(27,18-11-4-3-10-17(18)24)20-19(24)21(29)28(22(20)30)14-7-5-6-13(12-14)23(31)32/h1-12,19-20H,(H,31,32). The Morgan fingerprint density at radius 3 is 1.59 bits per heavy atom. The molecule has 0 radical (unpaired) electrons. The maximum absolute atomic E-state index is 13.9. The first kappa shape index (κ1) is 19.9. The fourth-order valence-electron chi connectivity index (χ4n) is 5.70. The summed E-state index contributed by atoms with van der Waals surface area (Å²) in [5, 5.41) is 9.40. The number of carboxylic acid groups (broad SMARTS) is 1. The molecule has 0 spiro atoms. The summed E-state index contributed by atoms with van der Waals surface area (Å²) in [5.74, 6) is -3.17. The lowest BCUT2D eigenvalue weighted by molar-refractivity contribution is -0.122. The number of aromatic carboxylic acids is 1. The van der Waals surface area contributed by atoms with Crippen LogP contribution in [0.2, 0.25) is 0 Å². The van der Waals surface area contributed by atoms with Crippen LogP contribution in [0.5, 0.6) is 0 Å². The van der Waals surface area contributed by atoms with Crippen molar-refractivity contribution in [1.29, 1.82) is 0 Å². The van der Waals surface area contributed by atoms with Gasteiger partial charge >= 0.3 is 5.97 Å². The minimum Gasteiger partial charge on any atom is -0.478 e. The number of nitrogens with zero attached hydrogens (tertiary/aromatic N) is 1. The average Bonchev–Trinajstić information content (AvgIpc) is 3.08. The van der Waals surface area contributed by atoms with Crippen LogP contribution >= 0.6 is 31.9 Å². The number of carboxylic acids is 1. The number of amides is 2. The van der Waals surface area contributed by atoms with E-state index in [2.05, 4.69) is 31.9 Å². The van der Waals surface area contributed by atoms with E-state index in [1.54, 1.807) is 12.1 Å². The third kappa shape index (κ3) is 2.16. The van der Waals surface area contributed by atoms with Gasteiger partial charge in [-0.2, -0.15) is 0 Å². The highest BCUT2D eigenvalue weighted by molar-refractivity contribution is 9.10. The Hall–Kier alpha value is -2.77. The number of carbonyl (C=O) groups excluding carboxylic acids is 2. The molecule has 158 valence electrons. The van der Waals surface area contributed by atoms with Crippen molar-refractivity contribution < 1.29 is 19.5 Å². The van der Waals surface area contributed by atoms with Crippen LogP contribution in [-0.2, 0) is 18.2 Å². The minimum atomic E-state index is -1.11. The molecule has 2 unspecified atom stereocenters. The molecule has 2 amide bonds. The highest BCUT2D eigenvalue weighted by Crippen LogP contribution is 2.70. The first-order chi connectivity index (χ1) is 15.3. The van der Waals surface area contributed by atoms with Crippen LogP contribution < -0.4 is 4.90 Å². The van der Waals surface area contributed by atoms with Crippen molar-refractivity contribution in [3.63, 3.8) is 0 Å². The van der Waals surface area contributed by atoms with Gasteiger partial charge in [-0.1, -0.05) is 86.5 Å². The number of carbonyl (C=O) groups is 3. The van der Waals surface area contributed by atoms with Gasteiger partial charge in [-0.15, -0.1) is 0 Å². The van der Waals surface area contributed by atoms with E-state index in [0.29, 0.717) is 0 Å². The van der Waals surface area contributed by atoms with E-state index < -0.39 is 26.5 Å². The second kappa shape index (κ2) is 6.39. The summed E-state index contributed by atoms with van der Waals surface area (Å²) in [7, 11) is 0. The lowest BCUT2D eigenvalue weighted by Gasteiger charge is -2.55. The predicted octanol–water partition coefficient (Wildman–Crippen LogP) is 4.79. The van der Waals surface area contributed by atoms with E-state index in [9.17, 15) is 19.5 Å². The summed E-state index contributed by atoms with van der Waals surface area (Å²) in [6.45, 7) is 0. The van der Waals surface area contributed by atoms with Gasteiger partial charge in [0.15, 0.2) is 0 Å². The van der Waals surface area contributed by atoms with Gasteiger partial charge < -0.3 is 5.11 Å². The predicted molar refractivity (Wildman–Crippen MR) is 125 cm³/mol. The largest absolute Gasteiger partial charge is 0.478 e. The molecule has 4 aliphatic rings. The third-order valence-electron chi connectivity index (χ3n) is 6.94. The molecule has 1 saturated heterocycles. The van der Waals surface area contributed by atoms with Gasteiger partial charge in [0.25, 0.3) is 0 Å². The number of benzene rings is 3. The molecule has 3 aromatic carbocycles. The summed E-state index contributed by atoms with van der Waals surface area (Å²) >= 11 is 7.90. The van der Waals surface area contributed by atoms with Crippen LogP contribution in [0.25, 0.3) is 0 Å². The van der Waals surface area contributed by atoms with Crippen molar-refractivity contribution in [2.75, 3.05) is 4.90 Å². The van der Waals surface area contributed by atoms with Gasteiger partial charge in [0.2, 0.25) is 11.8 Å². The number of alkyl halides is 2. The van der Waals surface area contributed by atoms with Crippen LogP contribution in [0, 0.1) is 11.8 Å². The SMILES string of the molecule is O=C(O)c1cccc(N2C(=O)C3C(C2=O)C2(Br)c4ccccc4C3(Br)c3ccccc32)c1. The Bertz CT molecular complexity index is 1250. The van der Waals surface area contributed by atoms with E-state index >= 15 is 0 Å². The third-order valence-corrected chi connectivity index (χ3v) is 9.63. The quantitative estimate of drug-likeness (QED) is 0.366. The summed E-state index contributed by atoms with van der Waals surface area (Å²) < 4.78 is -1.74. The number of rotatable bonds is 2. The zero-order valence-electron chi connectivity index (χ0n) is 16.5. The first-order valence-electron chi connectivity index (χ1n) is 10.1. The molecular formula is C25H15Br2NO4.